The Balaban J connectivity index is 0.981. The molecule has 0 fully saturated rings. The van der Waals surface area contributed by atoms with Crippen molar-refractivity contribution >= 4 is 55.7 Å². The van der Waals surface area contributed by atoms with E-state index in [1.54, 1.807) is 0 Å². The molecule has 0 bridgehead atoms. The Bertz CT molecular complexity index is 4530. The van der Waals surface area contributed by atoms with Crippen LogP contribution in [0, 0.1) is 0 Å². The largest absolute Gasteiger partial charge is 0.310 e. The Morgan fingerprint density at radius 2 is 0.560 bits per heavy atom. The van der Waals surface area contributed by atoms with Crippen LogP contribution >= 0.6 is 0 Å². The smallest absolute Gasteiger partial charge is 0.0497 e. The first-order chi connectivity index (χ1) is 41.2. The van der Waals surface area contributed by atoms with Gasteiger partial charge in [0.2, 0.25) is 0 Å². The van der Waals surface area contributed by atoms with Crippen LogP contribution in [0.3, 0.4) is 0 Å². The van der Waals surface area contributed by atoms with Crippen molar-refractivity contribution in [2.45, 2.75) is 51.4 Å². The van der Waals surface area contributed by atoms with Gasteiger partial charge in [0.25, 0.3) is 0 Å². The molecule has 4 aliphatic rings. The number of hydrogen-bond acceptors (Lipinski definition) is 2. The Labute approximate surface area is 492 Å². The predicted octanol–water partition coefficient (Wildman–Crippen LogP) is 22.0. The Kier molecular flexibility index (Phi) is 10.6. The summed E-state index contributed by atoms with van der Waals surface area (Å²) in [5.74, 6) is 0. The molecule has 0 saturated heterocycles. The van der Waals surface area contributed by atoms with E-state index in [0.717, 1.165) is 24.2 Å². The lowest BCUT2D eigenvalue weighted by molar-refractivity contribution is 0.660. The first kappa shape index (κ1) is 48.7. The van der Waals surface area contributed by atoms with E-state index in [4.69, 9.17) is 0 Å². The van der Waals surface area contributed by atoms with E-state index in [9.17, 15) is 0 Å². The molecule has 2 nitrogen and oxygen atoms in total. The van der Waals surface area contributed by atoms with Gasteiger partial charge in [-0.1, -0.05) is 234 Å². The normalized spacial score (nSPS) is 14.5. The molecule has 17 rings (SSSR count). The topological polar surface area (TPSA) is 6.48 Å². The molecule has 2 heterocycles. The molecule has 13 aromatic rings. The number of anilines is 6. The first-order valence-corrected chi connectivity index (χ1v) is 29.8. The zero-order valence-electron chi connectivity index (χ0n) is 47.7. The van der Waals surface area contributed by atoms with Gasteiger partial charge in [-0.15, -0.1) is 0 Å². The number of hydrogen-bond donors (Lipinski definition) is 0. The van der Waals surface area contributed by atoms with Crippen molar-refractivity contribution in [2.75, 3.05) is 9.80 Å². The monoisotopic (exact) mass is 1070 g/mol. The van der Waals surface area contributed by atoms with Crippen LogP contribution in [-0.4, -0.2) is 0 Å². The van der Waals surface area contributed by atoms with Crippen molar-refractivity contribution in [3.63, 3.8) is 0 Å². The van der Waals surface area contributed by atoms with Gasteiger partial charge in [-0.05, 0) is 193 Å². The van der Waals surface area contributed by atoms with E-state index < -0.39 is 0 Å². The van der Waals surface area contributed by atoms with Crippen molar-refractivity contribution < 1.29 is 0 Å². The molecule has 84 heavy (non-hydrogen) atoms. The van der Waals surface area contributed by atoms with Gasteiger partial charge in [0.15, 0.2) is 0 Å². The molecule has 13 aromatic carbocycles. The molecular formula is C82H60N2. The average molecular weight is 1070 g/mol. The lowest BCUT2D eigenvalue weighted by Gasteiger charge is -2.34. The third-order valence-corrected chi connectivity index (χ3v) is 19.5. The van der Waals surface area contributed by atoms with Gasteiger partial charge in [0.1, 0.15) is 0 Å². The van der Waals surface area contributed by atoms with Gasteiger partial charge in [0, 0.05) is 57.8 Å². The molecule has 2 aliphatic carbocycles. The average Bonchev–Trinajstić information content (AvgIpc) is 3.15. The fourth-order valence-electron chi connectivity index (χ4n) is 15.5. The minimum absolute atomic E-state index is 0.151. The molecule has 0 spiro atoms. The van der Waals surface area contributed by atoms with Gasteiger partial charge < -0.3 is 9.80 Å². The molecule has 0 unspecified atom stereocenters. The zero-order valence-corrected chi connectivity index (χ0v) is 47.7. The molecule has 0 radical (unpaired) electrons. The SMILES string of the molecule is CC1(C)c2ccccc2-c2ccc(-c3ccccc3-c3c4ccc(N5c6ccccc6Cc6ccccc65)cc4c(-c4ccccc4-c4ccc5c(c4)C(C)(C)c4ccccc4-5)c4ccc(N5c6ccccc6Cc6ccccc65)cc34)cc21. The second-order valence-corrected chi connectivity index (χ2v) is 24.7. The molecule has 2 heteroatoms. The zero-order chi connectivity index (χ0) is 56.0. The fraction of sp³-hybridized carbons (Fsp3) is 0.0976. The van der Waals surface area contributed by atoms with Crippen molar-refractivity contribution in [3.8, 4) is 66.8 Å². The molecule has 398 valence electrons. The van der Waals surface area contributed by atoms with Gasteiger partial charge in [-0.2, -0.15) is 0 Å². The number of nitrogens with zero attached hydrogens (tertiary/aromatic N) is 2. The number of fused-ring (bicyclic) bond motifs is 12. The molecule has 0 saturated carbocycles. The standard InChI is InChI=1S/C82H60N2/c1-81(2)71-31-15-13-27-61(71)63-41-37-51(47-73(63)81)59-25-9-11-29-65(59)79-67-43-39-58(84-77-35-19-7-23-55(77)46-56-24-8-20-36-78(56)84)50-70(67)80(66-30-12-10-26-60(66)52-38-42-64-62-28-14-16-32-72(62)82(3,4)74(64)48-52)68-44-40-57(49-69(68)79)83-75-33-17-5-21-53(75)45-54-22-6-18-34-76(54)83/h5-44,47-50H,45-46H2,1-4H3. The quantitative estimate of drug-likeness (QED) is 0.153. The van der Waals surface area contributed by atoms with Gasteiger partial charge in [0.05, 0.1) is 0 Å². The summed E-state index contributed by atoms with van der Waals surface area (Å²) in [5.41, 5.74) is 32.7. The summed E-state index contributed by atoms with van der Waals surface area (Å²) in [5, 5.41) is 4.83. The summed E-state index contributed by atoms with van der Waals surface area (Å²) in [6.45, 7) is 9.57. The number of rotatable bonds is 6. The summed E-state index contributed by atoms with van der Waals surface area (Å²) in [6.07, 6.45) is 1.78. The van der Waals surface area contributed by atoms with E-state index in [-0.39, 0.29) is 10.8 Å². The van der Waals surface area contributed by atoms with Crippen LogP contribution in [0.2, 0.25) is 0 Å². The molecule has 2 aliphatic heterocycles. The molecular weight excluding hydrogens is 1010 g/mol. The van der Waals surface area contributed by atoms with E-state index in [0.29, 0.717) is 0 Å². The van der Waals surface area contributed by atoms with Crippen LogP contribution in [-0.2, 0) is 23.7 Å². The minimum Gasteiger partial charge on any atom is -0.310 e. The molecule has 0 atom stereocenters. The fourth-order valence-corrected chi connectivity index (χ4v) is 15.5. The maximum atomic E-state index is 2.52. The van der Waals surface area contributed by atoms with Gasteiger partial charge in [-0.25, -0.2) is 0 Å². The number of para-hydroxylation sites is 4. The van der Waals surface area contributed by atoms with Crippen LogP contribution in [0.5, 0.6) is 0 Å². The maximum absolute atomic E-state index is 2.52. The summed E-state index contributed by atoms with van der Waals surface area (Å²) >= 11 is 0. The summed E-state index contributed by atoms with van der Waals surface area (Å²) in [4.78, 5) is 5.03. The third-order valence-electron chi connectivity index (χ3n) is 19.5. The molecule has 0 aromatic heterocycles. The van der Waals surface area contributed by atoms with Crippen molar-refractivity contribution in [1.29, 1.82) is 0 Å². The highest BCUT2D eigenvalue weighted by Crippen LogP contribution is 2.56. The Hall–Kier alpha value is -10.0. The van der Waals surface area contributed by atoms with E-state index in [1.807, 2.05) is 0 Å². The Morgan fingerprint density at radius 1 is 0.250 bits per heavy atom. The van der Waals surface area contributed by atoms with Gasteiger partial charge in [-0.3, -0.25) is 0 Å². The van der Waals surface area contributed by atoms with E-state index in [2.05, 4.69) is 304 Å². The van der Waals surface area contributed by atoms with Crippen LogP contribution in [0.1, 0.15) is 72.2 Å². The second-order valence-electron chi connectivity index (χ2n) is 24.7. The van der Waals surface area contributed by atoms with E-state index >= 15 is 0 Å². The highest BCUT2D eigenvalue weighted by atomic mass is 15.2. The van der Waals surface area contributed by atoms with Crippen LogP contribution in [0.15, 0.2) is 267 Å². The highest BCUT2D eigenvalue weighted by molar-refractivity contribution is 6.25. The van der Waals surface area contributed by atoms with Crippen molar-refractivity contribution in [3.05, 3.63) is 311 Å². The van der Waals surface area contributed by atoms with Crippen LogP contribution in [0.4, 0.5) is 34.1 Å². The van der Waals surface area contributed by atoms with Crippen LogP contribution in [0.25, 0.3) is 88.3 Å². The predicted molar refractivity (Wildman–Crippen MR) is 353 cm³/mol. The van der Waals surface area contributed by atoms with Gasteiger partial charge >= 0.3 is 0 Å². The molecule has 0 N–H and O–H groups in total. The maximum Gasteiger partial charge on any atom is 0.0497 e. The molecule has 0 amide bonds. The minimum atomic E-state index is -0.151. The van der Waals surface area contributed by atoms with Crippen LogP contribution < -0.4 is 9.80 Å². The second kappa shape index (κ2) is 18.2. The lowest BCUT2D eigenvalue weighted by atomic mass is 9.79. The summed E-state index contributed by atoms with van der Waals surface area (Å²) in [6, 6.07) is 102. The lowest BCUT2D eigenvalue weighted by Crippen LogP contribution is -2.18. The van der Waals surface area contributed by atoms with Crippen molar-refractivity contribution in [2.24, 2.45) is 0 Å². The Morgan fingerprint density at radius 3 is 0.940 bits per heavy atom. The summed E-state index contributed by atoms with van der Waals surface area (Å²) < 4.78 is 0. The summed E-state index contributed by atoms with van der Waals surface area (Å²) in [7, 11) is 0. The first-order valence-electron chi connectivity index (χ1n) is 29.8. The van der Waals surface area contributed by atoms with Crippen molar-refractivity contribution in [1.82, 2.24) is 0 Å². The van der Waals surface area contributed by atoms with E-state index in [1.165, 1.54) is 156 Å². The highest BCUT2D eigenvalue weighted by Gasteiger charge is 2.38. The number of benzene rings is 13. The third kappa shape index (κ3) is 7.10.